The Morgan fingerprint density at radius 2 is 2.17 bits per heavy atom. The molecule has 0 bridgehead atoms. The van der Waals surface area contributed by atoms with Gasteiger partial charge >= 0.3 is 0 Å². The number of nitrogens with two attached hydrogens (primary N) is 2. The van der Waals surface area contributed by atoms with E-state index in [1.54, 1.807) is 6.07 Å². The van der Waals surface area contributed by atoms with E-state index in [0.717, 1.165) is 13.0 Å². The molecule has 0 atom stereocenters. The monoisotopic (exact) mass is 252 g/mol. The fourth-order valence-corrected chi connectivity index (χ4v) is 1.30. The van der Waals surface area contributed by atoms with Gasteiger partial charge in [0.25, 0.3) is 5.91 Å². The van der Waals surface area contributed by atoms with Crippen LogP contribution in [0.1, 0.15) is 36.6 Å². The number of aliphatic imine (C=N–C) groups is 1. The molecule has 1 aromatic heterocycles. The van der Waals surface area contributed by atoms with E-state index >= 15 is 0 Å². The van der Waals surface area contributed by atoms with Crippen LogP contribution < -0.4 is 16.8 Å². The zero-order valence-electron chi connectivity index (χ0n) is 10.8. The Morgan fingerprint density at radius 1 is 1.44 bits per heavy atom. The summed E-state index contributed by atoms with van der Waals surface area (Å²) in [7, 11) is 0. The van der Waals surface area contributed by atoms with Gasteiger partial charge in [0.15, 0.2) is 11.7 Å². The lowest BCUT2D eigenvalue weighted by atomic mass is 10.1. The first-order valence-electron chi connectivity index (χ1n) is 5.91. The maximum Gasteiger partial charge on any atom is 0.284 e. The molecule has 0 unspecified atom stereocenters. The van der Waals surface area contributed by atoms with Gasteiger partial charge in [-0.1, -0.05) is 13.8 Å². The molecule has 100 valence electrons. The summed E-state index contributed by atoms with van der Waals surface area (Å²) in [4.78, 5) is 14.9. The second-order valence-corrected chi connectivity index (χ2v) is 4.44. The standard InChI is InChI=1S/C12H20N4O2/c1-8(2)5-6-15-12(14)16-7-9-3-4-10(18-9)11(13)17/h3-4,8H,5-7H2,1-2H3,(H2,13,17)(H3,14,15,16). The average Bonchev–Trinajstić information content (AvgIpc) is 2.74. The van der Waals surface area contributed by atoms with Crippen molar-refractivity contribution in [2.45, 2.75) is 26.8 Å². The molecule has 0 fully saturated rings. The summed E-state index contributed by atoms with van der Waals surface area (Å²) < 4.78 is 5.17. The van der Waals surface area contributed by atoms with Crippen molar-refractivity contribution in [3.8, 4) is 0 Å². The van der Waals surface area contributed by atoms with Gasteiger partial charge in [-0.2, -0.15) is 0 Å². The van der Waals surface area contributed by atoms with E-state index in [1.165, 1.54) is 6.07 Å². The van der Waals surface area contributed by atoms with E-state index in [1.807, 2.05) is 0 Å². The van der Waals surface area contributed by atoms with Crippen LogP contribution in [0.3, 0.4) is 0 Å². The summed E-state index contributed by atoms with van der Waals surface area (Å²) in [6.07, 6.45) is 1.03. The third-order valence-electron chi connectivity index (χ3n) is 2.34. The van der Waals surface area contributed by atoms with Crippen LogP contribution in [0.2, 0.25) is 0 Å². The van der Waals surface area contributed by atoms with Gasteiger partial charge in [0.2, 0.25) is 0 Å². The highest BCUT2D eigenvalue weighted by atomic mass is 16.3. The summed E-state index contributed by atoms with van der Waals surface area (Å²) >= 11 is 0. The van der Waals surface area contributed by atoms with E-state index < -0.39 is 5.91 Å². The van der Waals surface area contributed by atoms with Crippen LogP contribution in [0.5, 0.6) is 0 Å². The molecule has 1 heterocycles. The van der Waals surface area contributed by atoms with Crippen molar-refractivity contribution in [2.24, 2.45) is 22.4 Å². The number of amides is 1. The number of guanidine groups is 1. The summed E-state index contributed by atoms with van der Waals surface area (Å²) in [6, 6.07) is 3.18. The molecule has 18 heavy (non-hydrogen) atoms. The van der Waals surface area contributed by atoms with Crippen LogP contribution >= 0.6 is 0 Å². The van der Waals surface area contributed by atoms with Crippen molar-refractivity contribution >= 4 is 11.9 Å². The summed E-state index contributed by atoms with van der Waals surface area (Å²) in [5, 5.41) is 3.01. The fraction of sp³-hybridized carbons (Fsp3) is 0.500. The normalized spacial score (nSPS) is 11.8. The van der Waals surface area contributed by atoms with Gasteiger partial charge in [-0.15, -0.1) is 0 Å². The minimum absolute atomic E-state index is 0.131. The Labute approximate surface area is 106 Å². The average molecular weight is 252 g/mol. The van der Waals surface area contributed by atoms with Crippen LogP contribution in [-0.2, 0) is 6.54 Å². The van der Waals surface area contributed by atoms with Crippen molar-refractivity contribution in [1.29, 1.82) is 0 Å². The second kappa shape index (κ2) is 6.68. The second-order valence-electron chi connectivity index (χ2n) is 4.44. The lowest BCUT2D eigenvalue weighted by molar-refractivity contribution is 0.0972. The Morgan fingerprint density at radius 3 is 2.72 bits per heavy atom. The Balaban J connectivity index is 2.39. The third-order valence-corrected chi connectivity index (χ3v) is 2.34. The van der Waals surface area contributed by atoms with Gasteiger partial charge in [-0.3, -0.25) is 4.79 Å². The summed E-state index contributed by atoms with van der Waals surface area (Å²) in [5.41, 5.74) is 10.8. The molecule has 1 amide bonds. The molecule has 0 aliphatic heterocycles. The molecule has 0 aromatic carbocycles. The van der Waals surface area contributed by atoms with Gasteiger partial charge in [0.1, 0.15) is 12.3 Å². The molecular weight excluding hydrogens is 232 g/mol. The number of nitrogens with zero attached hydrogens (tertiary/aromatic N) is 1. The van der Waals surface area contributed by atoms with Crippen LogP contribution in [0.4, 0.5) is 0 Å². The molecule has 1 aromatic rings. The van der Waals surface area contributed by atoms with Crippen LogP contribution in [-0.4, -0.2) is 18.4 Å². The molecule has 0 aliphatic rings. The Bertz CT molecular complexity index is 423. The third kappa shape index (κ3) is 4.90. The minimum atomic E-state index is -0.590. The number of hydrogen-bond donors (Lipinski definition) is 3. The summed E-state index contributed by atoms with van der Waals surface area (Å²) in [6.45, 7) is 5.36. The van der Waals surface area contributed by atoms with Crippen LogP contribution in [0, 0.1) is 5.92 Å². The number of nitrogens with one attached hydrogen (secondary N) is 1. The van der Waals surface area contributed by atoms with Crippen molar-refractivity contribution in [3.05, 3.63) is 23.7 Å². The maximum atomic E-state index is 10.8. The van der Waals surface area contributed by atoms with Gasteiger partial charge in [-0.25, -0.2) is 4.99 Å². The first-order valence-corrected chi connectivity index (χ1v) is 5.91. The SMILES string of the molecule is CC(C)CCNC(N)=NCc1ccc(C(N)=O)o1. The Kier molecular flexibility index (Phi) is 5.23. The minimum Gasteiger partial charge on any atom is -0.454 e. The highest BCUT2D eigenvalue weighted by Gasteiger charge is 2.06. The quantitative estimate of drug-likeness (QED) is 0.515. The van der Waals surface area contributed by atoms with Crippen molar-refractivity contribution in [1.82, 2.24) is 5.32 Å². The highest BCUT2D eigenvalue weighted by Crippen LogP contribution is 2.08. The zero-order chi connectivity index (χ0) is 13.5. The van der Waals surface area contributed by atoms with Gasteiger partial charge in [0, 0.05) is 6.54 Å². The molecule has 1 rings (SSSR count). The number of hydrogen-bond acceptors (Lipinski definition) is 3. The molecule has 0 saturated carbocycles. The highest BCUT2D eigenvalue weighted by molar-refractivity contribution is 5.89. The topological polar surface area (TPSA) is 107 Å². The van der Waals surface area contributed by atoms with E-state index in [0.29, 0.717) is 17.6 Å². The number of primary amides is 1. The first kappa shape index (κ1) is 14.1. The van der Waals surface area contributed by atoms with E-state index in [9.17, 15) is 4.79 Å². The maximum absolute atomic E-state index is 10.8. The number of rotatable bonds is 6. The van der Waals surface area contributed by atoms with Crippen LogP contribution in [0.25, 0.3) is 0 Å². The first-order chi connectivity index (χ1) is 8.49. The van der Waals surface area contributed by atoms with E-state index in [-0.39, 0.29) is 12.3 Å². The van der Waals surface area contributed by atoms with Crippen LogP contribution in [0.15, 0.2) is 21.5 Å². The van der Waals surface area contributed by atoms with E-state index in [2.05, 4.69) is 24.2 Å². The Hall–Kier alpha value is -1.98. The largest absolute Gasteiger partial charge is 0.454 e. The molecule has 0 saturated heterocycles. The van der Waals surface area contributed by atoms with Gasteiger partial charge in [0.05, 0.1) is 0 Å². The molecule has 5 N–H and O–H groups in total. The number of carbonyl (C=O) groups is 1. The molecule has 0 aliphatic carbocycles. The lowest BCUT2D eigenvalue weighted by Gasteiger charge is -2.06. The van der Waals surface area contributed by atoms with Gasteiger partial charge in [-0.05, 0) is 24.5 Å². The predicted octanol–water partition coefficient (Wildman–Crippen LogP) is 0.829. The lowest BCUT2D eigenvalue weighted by Crippen LogP contribution is -2.32. The van der Waals surface area contributed by atoms with E-state index in [4.69, 9.17) is 15.9 Å². The molecular formula is C12H20N4O2. The zero-order valence-corrected chi connectivity index (χ0v) is 10.8. The van der Waals surface area contributed by atoms with Crippen molar-refractivity contribution < 1.29 is 9.21 Å². The van der Waals surface area contributed by atoms with Crippen molar-refractivity contribution in [2.75, 3.05) is 6.54 Å². The molecule has 0 spiro atoms. The smallest absolute Gasteiger partial charge is 0.284 e. The fourth-order valence-electron chi connectivity index (χ4n) is 1.30. The van der Waals surface area contributed by atoms with Gasteiger partial charge < -0.3 is 21.2 Å². The molecule has 0 radical (unpaired) electrons. The van der Waals surface area contributed by atoms with Crippen molar-refractivity contribution in [3.63, 3.8) is 0 Å². The predicted molar refractivity (Wildman–Crippen MR) is 70.0 cm³/mol. The number of furan rings is 1. The molecule has 6 heteroatoms. The summed E-state index contributed by atoms with van der Waals surface area (Å²) in [5.74, 6) is 1.08. The number of carbonyl (C=O) groups excluding carboxylic acids is 1. The molecule has 6 nitrogen and oxygen atoms in total.